The van der Waals surface area contributed by atoms with E-state index in [1.165, 1.54) is 6.92 Å². The number of carbonyl (C=O) groups excluding carboxylic acids is 5. The maximum atomic E-state index is 13.2. The number of aliphatic carboxylic acids is 1. The fourth-order valence-corrected chi connectivity index (χ4v) is 4.57. The van der Waals surface area contributed by atoms with E-state index in [0.29, 0.717) is 19.4 Å². The molecule has 0 radical (unpaired) electrons. The van der Waals surface area contributed by atoms with Gasteiger partial charge in [0.1, 0.15) is 24.7 Å². The Morgan fingerprint density at radius 2 is 1.43 bits per heavy atom. The number of unbranched alkanes of at least 4 members (excludes halogenated alkanes) is 1. The van der Waals surface area contributed by atoms with Crippen molar-refractivity contribution in [3.05, 3.63) is 60.4 Å². The number of carbonyl (C=O) groups is 6. The molecule has 14 heteroatoms. The molecular formula is C32H45N6O8+. The highest BCUT2D eigenvalue weighted by atomic mass is 16.4. The van der Waals surface area contributed by atoms with Gasteiger partial charge in [0, 0.05) is 25.8 Å². The highest BCUT2D eigenvalue weighted by molar-refractivity contribution is 5.94. The summed E-state index contributed by atoms with van der Waals surface area (Å²) in [6, 6.07) is 8.85. The average molecular weight is 642 g/mol. The summed E-state index contributed by atoms with van der Waals surface area (Å²) in [7, 11) is 0. The Bertz CT molecular complexity index is 1340. The number of rotatable bonds is 19. The van der Waals surface area contributed by atoms with Crippen LogP contribution in [0.25, 0.3) is 0 Å². The van der Waals surface area contributed by atoms with Crippen LogP contribution in [0.1, 0.15) is 52.0 Å². The first-order valence-corrected chi connectivity index (χ1v) is 15.2. The highest BCUT2D eigenvalue weighted by Crippen LogP contribution is 2.08. The van der Waals surface area contributed by atoms with E-state index in [1.807, 2.05) is 13.8 Å². The van der Waals surface area contributed by atoms with Gasteiger partial charge >= 0.3 is 5.97 Å². The molecule has 46 heavy (non-hydrogen) atoms. The van der Waals surface area contributed by atoms with Gasteiger partial charge in [-0.25, -0.2) is 9.36 Å². The van der Waals surface area contributed by atoms with Gasteiger partial charge in [-0.2, -0.15) is 0 Å². The Balaban J connectivity index is 2.05. The second kappa shape index (κ2) is 19.4. The SMILES string of the molecule is CC(=O)NCC(=O)N[C@@H](CCCC[n+]1cccc(O)c1)C(=O)NCC(=O)N[C@@H](Cc1ccccc1)C(=O)N[C@@H](CC(C)C)C(=O)O. The number of aromatic nitrogens is 1. The molecule has 0 aliphatic carbocycles. The van der Waals surface area contributed by atoms with E-state index in [0.717, 1.165) is 5.56 Å². The summed E-state index contributed by atoms with van der Waals surface area (Å²) in [6.07, 6.45) is 4.98. The second-order valence-corrected chi connectivity index (χ2v) is 11.4. The predicted molar refractivity (Wildman–Crippen MR) is 167 cm³/mol. The van der Waals surface area contributed by atoms with E-state index in [4.69, 9.17) is 0 Å². The van der Waals surface area contributed by atoms with Gasteiger partial charge in [-0.15, -0.1) is 0 Å². The molecule has 0 bridgehead atoms. The van der Waals surface area contributed by atoms with Crippen LogP contribution in [0.15, 0.2) is 54.9 Å². The number of hydrogen-bond donors (Lipinski definition) is 7. The Labute approximate surface area is 268 Å². The van der Waals surface area contributed by atoms with Crippen LogP contribution in [-0.4, -0.2) is 76.9 Å². The number of hydrogen-bond acceptors (Lipinski definition) is 7. The largest absolute Gasteiger partial charge is 0.503 e. The molecular weight excluding hydrogens is 596 g/mol. The molecule has 0 saturated carbocycles. The minimum Gasteiger partial charge on any atom is -0.503 e. The van der Waals surface area contributed by atoms with Crippen LogP contribution < -0.4 is 31.2 Å². The van der Waals surface area contributed by atoms with Crippen molar-refractivity contribution in [2.24, 2.45) is 5.92 Å². The van der Waals surface area contributed by atoms with Gasteiger partial charge in [-0.3, -0.25) is 24.0 Å². The summed E-state index contributed by atoms with van der Waals surface area (Å²) in [6.45, 7) is 4.63. The van der Waals surface area contributed by atoms with Gasteiger partial charge in [-0.1, -0.05) is 44.2 Å². The van der Waals surface area contributed by atoms with Gasteiger partial charge in [0.25, 0.3) is 0 Å². The van der Waals surface area contributed by atoms with Crippen LogP contribution in [0.3, 0.4) is 0 Å². The number of nitrogens with zero attached hydrogens (tertiary/aromatic N) is 1. The van der Waals surface area contributed by atoms with Gasteiger partial charge in [-0.05, 0) is 36.8 Å². The van der Waals surface area contributed by atoms with Crippen molar-refractivity contribution in [2.75, 3.05) is 13.1 Å². The molecule has 2 rings (SSSR count). The molecule has 0 aliphatic rings. The minimum absolute atomic E-state index is 0.00375. The maximum absolute atomic E-state index is 13.2. The summed E-state index contributed by atoms with van der Waals surface area (Å²) >= 11 is 0. The number of amides is 5. The standard InChI is InChI=1S/C32H44N6O8/c1-21(2)16-27(32(45)46)37-31(44)26(17-23-10-5-4-6-11-23)36-29(42)19-34-30(43)25(35-28(41)18-33-22(3)39)13-7-8-14-38-15-9-12-24(40)20-38/h4-6,9-12,15,20-21,25-27H,7-8,13-14,16-19H2,1-3H3,(H6-,33,34,35,36,37,39,40,41,42,43,44,45,46)/p+1/t25-,26-,27-/m0/s1. The number of pyridine rings is 1. The molecule has 3 atom stereocenters. The van der Waals surface area contributed by atoms with E-state index in [2.05, 4.69) is 26.6 Å². The van der Waals surface area contributed by atoms with Crippen LogP contribution in [0.2, 0.25) is 0 Å². The number of carboxylic acid groups (broad SMARTS) is 1. The molecule has 0 unspecified atom stereocenters. The lowest BCUT2D eigenvalue weighted by Crippen LogP contribution is -2.55. The number of aromatic hydroxyl groups is 1. The monoisotopic (exact) mass is 641 g/mol. The van der Waals surface area contributed by atoms with Crippen LogP contribution in [0.4, 0.5) is 0 Å². The topological polar surface area (TPSA) is 207 Å². The Morgan fingerprint density at radius 3 is 2.04 bits per heavy atom. The fourth-order valence-electron chi connectivity index (χ4n) is 4.57. The molecule has 7 N–H and O–H groups in total. The third-order valence-electron chi connectivity index (χ3n) is 6.83. The zero-order valence-corrected chi connectivity index (χ0v) is 26.5. The average Bonchev–Trinajstić information content (AvgIpc) is 2.99. The van der Waals surface area contributed by atoms with E-state index in [9.17, 15) is 39.0 Å². The fraction of sp³-hybridized carbons (Fsp3) is 0.469. The van der Waals surface area contributed by atoms with Crippen LogP contribution >= 0.6 is 0 Å². The van der Waals surface area contributed by atoms with E-state index < -0.39 is 60.2 Å². The van der Waals surface area contributed by atoms with Crippen LogP contribution in [-0.2, 0) is 41.7 Å². The lowest BCUT2D eigenvalue weighted by atomic mass is 10.0. The number of benzene rings is 1. The van der Waals surface area contributed by atoms with Gasteiger partial charge in [0.05, 0.1) is 13.1 Å². The molecule has 1 aromatic heterocycles. The first kappa shape index (κ1) is 37.2. The smallest absolute Gasteiger partial charge is 0.326 e. The highest BCUT2D eigenvalue weighted by Gasteiger charge is 2.28. The van der Waals surface area contributed by atoms with Crippen molar-refractivity contribution in [1.82, 2.24) is 26.6 Å². The van der Waals surface area contributed by atoms with Crippen molar-refractivity contribution in [3.63, 3.8) is 0 Å². The summed E-state index contributed by atoms with van der Waals surface area (Å²) in [5.74, 6) is -4.08. The number of nitrogens with one attached hydrogen (secondary N) is 5. The van der Waals surface area contributed by atoms with Gasteiger partial charge in [0.15, 0.2) is 11.9 Å². The molecule has 1 heterocycles. The van der Waals surface area contributed by atoms with E-state index in [-0.39, 0.29) is 37.5 Å². The summed E-state index contributed by atoms with van der Waals surface area (Å²) < 4.78 is 1.79. The zero-order valence-electron chi connectivity index (χ0n) is 26.5. The molecule has 5 amide bonds. The lowest BCUT2D eigenvalue weighted by molar-refractivity contribution is -0.697. The Hall–Kier alpha value is -5.01. The molecule has 250 valence electrons. The summed E-state index contributed by atoms with van der Waals surface area (Å²) in [4.78, 5) is 74.5. The molecule has 0 saturated heterocycles. The number of carboxylic acids is 1. The van der Waals surface area contributed by atoms with Crippen molar-refractivity contribution < 1.29 is 43.5 Å². The maximum Gasteiger partial charge on any atom is 0.326 e. The predicted octanol–water partition coefficient (Wildman–Crippen LogP) is -0.0699. The van der Waals surface area contributed by atoms with Crippen LogP contribution in [0.5, 0.6) is 5.75 Å². The Kier molecular flexibility index (Phi) is 15.7. The molecule has 2 aromatic rings. The van der Waals surface area contributed by atoms with Gasteiger partial charge < -0.3 is 36.8 Å². The van der Waals surface area contributed by atoms with E-state index in [1.54, 1.807) is 59.4 Å². The Morgan fingerprint density at radius 1 is 0.783 bits per heavy atom. The first-order chi connectivity index (χ1) is 21.8. The molecule has 0 aliphatic heterocycles. The van der Waals surface area contributed by atoms with Crippen molar-refractivity contribution in [3.8, 4) is 5.75 Å². The third kappa shape index (κ3) is 14.6. The second-order valence-electron chi connectivity index (χ2n) is 11.4. The zero-order chi connectivity index (χ0) is 34.1. The van der Waals surface area contributed by atoms with Crippen molar-refractivity contribution in [2.45, 2.75) is 77.5 Å². The lowest BCUT2D eigenvalue weighted by Gasteiger charge is -2.23. The normalized spacial score (nSPS) is 12.7. The quantitative estimate of drug-likeness (QED) is 0.0814. The summed E-state index contributed by atoms with van der Waals surface area (Å²) in [5, 5.41) is 31.8. The molecule has 0 spiro atoms. The van der Waals surface area contributed by atoms with Crippen molar-refractivity contribution in [1.29, 1.82) is 0 Å². The molecule has 0 fully saturated rings. The van der Waals surface area contributed by atoms with E-state index >= 15 is 0 Å². The summed E-state index contributed by atoms with van der Waals surface area (Å²) in [5.41, 5.74) is 0.730. The minimum atomic E-state index is -1.19. The van der Waals surface area contributed by atoms with Gasteiger partial charge in [0.2, 0.25) is 35.7 Å². The van der Waals surface area contributed by atoms with Crippen molar-refractivity contribution >= 4 is 35.5 Å². The molecule has 14 nitrogen and oxygen atoms in total. The molecule has 1 aromatic carbocycles. The van der Waals surface area contributed by atoms with Crippen LogP contribution in [0, 0.1) is 5.92 Å². The first-order valence-electron chi connectivity index (χ1n) is 15.2. The third-order valence-corrected chi connectivity index (χ3v) is 6.83. The number of aryl methyl sites for hydroxylation is 1.